The highest BCUT2D eigenvalue weighted by molar-refractivity contribution is 5.95. The fourth-order valence-corrected chi connectivity index (χ4v) is 3.15. The average molecular weight is 362 g/mol. The number of anilines is 1. The van der Waals surface area contributed by atoms with Crippen molar-refractivity contribution in [2.24, 2.45) is 5.92 Å². The molecule has 0 fully saturated rings. The highest BCUT2D eigenvalue weighted by Gasteiger charge is 2.16. The molecule has 0 saturated heterocycles. The number of benzene rings is 1. The SMILES string of the molecule is CCCCC(CC)CNC(=O)N(C)CC(=O)Nc1c(C)cc(C)cc1C. The Labute approximate surface area is 158 Å². The van der Waals surface area contributed by atoms with Crippen molar-refractivity contribution >= 4 is 17.6 Å². The monoisotopic (exact) mass is 361 g/mol. The van der Waals surface area contributed by atoms with E-state index in [4.69, 9.17) is 0 Å². The van der Waals surface area contributed by atoms with Gasteiger partial charge in [0.25, 0.3) is 0 Å². The van der Waals surface area contributed by atoms with Crippen LogP contribution in [0.15, 0.2) is 12.1 Å². The maximum atomic E-state index is 12.3. The zero-order chi connectivity index (χ0) is 19.7. The van der Waals surface area contributed by atoms with Crippen LogP contribution in [0, 0.1) is 26.7 Å². The van der Waals surface area contributed by atoms with Gasteiger partial charge in [-0.25, -0.2) is 4.79 Å². The lowest BCUT2D eigenvalue weighted by Gasteiger charge is -2.21. The summed E-state index contributed by atoms with van der Waals surface area (Å²) in [4.78, 5) is 26.0. The first-order valence-electron chi connectivity index (χ1n) is 9.65. The zero-order valence-corrected chi connectivity index (χ0v) is 17.2. The first-order valence-corrected chi connectivity index (χ1v) is 9.65. The topological polar surface area (TPSA) is 61.4 Å². The molecular formula is C21H35N3O2. The van der Waals surface area contributed by atoms with Gasteiger partial charge in [0.15, 0.2) is 0 Å². The molecule has 1 aromatic rings. The second-order valence-electron chi connectivity index (χ2n) is 7.28. The molecule has 1 atom stereocenters. The fraction of sp³-hybridized carbons (Fsp3) is 0.619. The van der Waals surface area contributed by atoms with Gasteiger partial charge in [0.05, 0.1) is 0 Å². The summed E-state index contributed by atoms with van der Waals surface area (Å²) in [5, 5.41) is 5.88. The normalized spacial score (nSPS) is 11.8. The van der Waals surface area contributed by atoms with Crippen molar-refractivity contribution in [1.29, 1.82) is 0 Å². The van der Waals surface area contributed by atoms with Crippen LogP contribution in [0.2, 0.25) is 0 Å². The third-order valence-electron chi connectivity index (χ3n) is 4.75. The number of nitrogens with zero attached hydrogens (tertiary/aromatic N) is 1. The van der Waals surface area contributed by atoms with E-state index in [2.05, 4.69) is 24.5 Å². The summed E-state index contributed by atoms with van der Waals surface area (Å²) in [7, 11) is 1.65. The zero-order valence-electron chi connectivity index (χ0n) is 17.2. The van der Waals surface area contributed by atoms with Gasteiger partial charge in [-0.05, 0) is 44.2 Å². The van der Waals surface area contributed by atoms with Gasteiger partial charge in [0.1, 0.15) is 6.54 Å². The van der Waals surface area contributed by atoms with Crippen LogP contribution in [-0.2, 0) is 4.79 Å². The number of carbonyl (C=O) groups is 2. The van der Waals surface area contributed by atoms with Crippen molar-refractivity contribution in [3.8, 4) is 0 Å². The van der Waals surface area contributed by atoms with Crippen LogP contribution in [0.25, 0.3) is 0 Å². The molecule has 0 spiro atoms. The van der Waals surface area contributed by atoms with Gasteiger partial charge >= 0.3 is 6.03 Å². The van der Waals surface area contributed by atoms with Crippen molar-refractivity contribution in [3.63, 3.8) is 0 Å². The minimum absolute atomic E-state index is 0.0321. The summed E-state index contributed by atoms with van der Waals surface area (Å²) in [5.41, 5.74) is 4.07. The van der Waals surface area contributed by atoms with Crippen molar-refractivity contribution in [2.45, 2.75) is 60.3 Å². The Morgan fingerprint density at radius 3 is 2.27 bits per heavy atom. The number of hydrogen-bond donors (Lipinski definition) is 2. The average Bonchev–Trinajstić information content (AvgIpc) is 2.57. The molecule has 5 heteroatoms. The summed E-state index contributed by atoms with van der Waals surface area (Å²) in [6, 6.07) is 3.88. The summed E-state index contributed by atoms with van der Waals surface area (Å²) < 4.78 is 0. The number of unbranched alkanes of at least 4 members (excludes halogenated alkanes) is 1. The van der Waals surface area contributed by atoms with E-state index in [1.54, 1.807) is 7.05 Å². The van der Waals surface area contributed by atoms with Crippen molar-refractivity contribution in [1.82, 2.24) is 10.2 Å². The van der Waals surface area contributed by atoms with Gasteiger partial charge in [-0.1, -0.05) is 50.8 Å². The molecule has 146 valence electrons. The highest BCUT2D eigenvalue weighted by Crippen LogP contribution is 2.21. The number of likely N-dealkylation sites (N-methyl/N-ethyl adjacent to an activating group) is 1. The fourth-order valence-electron chi connectivity index (χ4n) is 3.15. The quantitative estimate of drug-likeness (QED) is 0.684. The van der Waals surface area contributed by atoms with E-state index in [1.165, 1.54) is 23.3 Å². The lowest BCUT2D eigenvalue weighted by molar-refractivity contribution is -0.116. The van der Waals surface area contributed by atoms with E-state index in [9.17, 15) is 9.59 Å². The molecule has 0 aliphatic heterocycles. The van der Waals surface area contributed by atoms with Gasteiger partial charge in [-0.3, -0.25) is 4.79 Å². The second-order valence-corrected chi connectivity index (χ2v) is 7.28. The third-order valence-corrected chi connectivity index (χ3v) is 4.75. The third kappa shape index (κ3) is 7.06. The number of carbonyl (C=O) groups excluding carboxylic acids is 2. The molecule has 5 nitrogen and oxygen atoms in total. The molecule has 0 radical (unpaired) electrons. The molecule has 0 bridgehead atoms. The second kappa shape index (κ2) is 10.8. The van der Waals surface area contributed by atoms with Crippen LogP contribution >= 0.6 is 0 Å². The van der Waals surface area contributed by atoms with Crippen LogP contribution < -0.4 is 10.6 Å². The maximum absolute atomic E-state index is 12.3. The molecule has 1 rings (SSSR count). The number of nitrogens with one attached hydrogen (secondary N) is 2. The van der Waals surface area contributed by atoms with Crippen molar-refractivity contribution in [2.75, 3.05) is 25.5 Å². The minimum atomic E-state index is -0.201. The number of hydrogen-bond acceptors (Lipinski definition) is 2. The molecule has 1 aromatic carbocycles. The van der Waals surface area contributed by atoms with E-state index in [0.29, 0.717) is 12.5 Å². The van der Waals surface area contributed by atoms with Crippen LogP contribution in [0.5, 0.6) is 0 Å². The molecule has 0 saturated carbocycles. The summed E-state index contributed by atoms with van der Waals surface area (Å²) >= 11 is 0. The smallest absolute Gasteiger partial charge is 0.317 e. The van der Waals surface area contributed by atoms with Crippen LogP contribution in [-0.4, -0.2) is 37.0 Å². The predicted molar refractivity (Wildman–Crippen MR) is 109 cm³/mol. The molecule has 3 amide bonds. The molecule has 0 heterocycles. The summed E-state index contributed by atoms with van der Waals surface area (Å²) in [5.74, 6) is 0.315. The lowest BCUT2D eigenvalue weighted by Crippen LogP contribution is -2.43. The molecule has 26 heavy (non-hydrogen) atoms. The minimum Gasteiger partial charge on any atom is -0.338 e. The van der Waals surface area contributed by atoms with Crippen molar-refractivity contribution < 1.29 is 9.59 Å². The molecule has 0 aliphatic carbocycles. The maximum Gasteiger partial charge on any atom is 0.317 e. The Morgan fingerprint density at radius 2 is 1.73 bits per heavy atom. The number of urea groups is 1. The van der Waals surface area contributed by atoms with Crippen LogP contribution in [0.4, 0.5) is 10.5 Å². The Kier molecular flexibility index (Phi) is 9.17. The molecule has 0 aliphatic rings. The molecular weight excluding hydrogens is 326 g/mol. The Balaban J connectivity index is 2.52. The predicted octanol–water partition coefficient (Wildman–Crippen LogP) is 4.41. The van der Waals surface area contributed by atoms with E-state index in [-0.39, 0.29) is 18.5 Å². The largest absolute Gasteiger partial charge is 0.338 e. The molecule has 0 aromatic heterocycles. The van der Waals surface area contributed by atoms with Gasteiger partial charge in [-0.15, -0.1) is 0 Å². The Bertz CT molecular complexity index is 590. The Morgan fingerprint density at radius 1 is 1.12 bits per heavy atom. The molecule has 1 unspecified atom stereocenters. The van der Waals surface area contributed by atoms with E-state index in [1.807, 2.05) is 32.9 Å². The van der Waals surface area contributed by atoms with Gasteiger partial charge in [-0.2, -0.15) is 0 Å². The number of aryl methyl sites for hydroxylation is 3. The van der Waals surface area contributed by atoms with Crippen molar-refractivity contribution in [3.05, 3.63) is 28.8 Å². The van der Waals surface area contributed by atoms with E-state index < -0.39 is 0 Å². The highest BCUT2D eigenvalue weighted by atomic mass is 16.2. The number of amides is 3. The van der Waals surface area contributed by atoms with Gasteiger partial charge < -0.3 is 15.5 Å². The standard InChI is InChI=1S/C21H35N3O2/c1-7-9-10-18(8-2)13-22-21(26)24(6)14-19(25)23-20-16(4)11-15(3)12-17(20)5/h11-12,18H,7-10,13-14H2,1-6H3,(H,22,26)(H,23,25). The Hall–Kier alpha value is -2.04. The van der Waals surface area contributed by atoms with Gasteiger partial charge in [0, 0.05) is 19.3 Å². The van der Waals surface area contributed by atoms with Gasteiger partial charge in [0.2, 0.25) is 5.91 Å². The van der Waals surface area contributed by atoms with E-state index in [0.717, 1.165) is 29.7 Å². The first-order chi connectivity index (χ1) is 12.3. The lowest BCUT2D eigenvalue weighted by atomic mass is 9.99. The van der Waals surface area contributed by atoms with E-state index >= 15 is 0 Å². The summed E-state index contributed by atoms with van der Waals surface area (Å²) in [6.07, 6.45) is 4.53. The van der Waals surface area contributed by atoms with Crippen LogP contribution in [0.3, 0.4) is 0 Å². The number of rotatable bonds is 9. The molecule has 2 N–H and O–H groups in total. The summed E-state index contributed by atoms with van der Waals surface area (Å²) in [6.45, 7) is 11.0. The van der Waals surface area contributed by atoms with Crippen LogP contribution in [0.1, 0.15) is 56.2 Å². The first kappa shape index (κ1) is 22.0.